The zero-order chi connectivity index (χ0) is 84.4. The number of halogens is 1. The molecule has 0 bridgehead atoms. The molecule has 0 spiro atoms. The Morgan fingerprint density at radius 2 is 0.480 bits per heavy atom. The molecular weight excluding hydrogens is 1550 g/mol. The topological polar surface area (TPSA) is 101 Å². The quantitative estimate of drug-likeness (QED) is 0.101. The van der Waals surface area contributed by atoms with E-state index in [1.165, 1.54) is 49.7 Å². The third-order valence-corrected chi connectivity index (χ3v) is 24.2. The number of benzene rings is 18. The summed E-state index contributed by atoms with van der Waals surface area (Å²) in [5.41, 5.74) is 26.9. The molecule has 0 unspecified atom stereocenters. The van der Waals surface area contributed by atoms with E-state index in [-0.39, 0.29) is 5.82 Å². The average molecular weight is 1630 g/mol. The molecular formula is C115H72FN11. The van der Waals surface area contributed by atoms with Crippen molar-refractivity contribution in [2.24, 2.45) is 0 Å². The van der Waals surface area contributed by atoms with Crippen molar-refractivity contribution in [1.29, 1.82) is 0 Å². The second-order valence-electron chi connectivity index (χ2n) is 31.7. The first kappa shape index (κ1) is 74.6. The maximum Gasteiger partial charge on any atom is 0.188 e. The Balaban J connectivity index is 0.000000146. The van der Waals surface area contributed by atoms with Crippen LogP contribution in [0.25, 0.3) is 228 Å². The highest BCUT2D eigenvalue weighted by Gasteiger charge is 2.24. The van der Waals surface area contributed by atoms with Crippen molar-refractivity contribution in [3.05, 3.63) is 454 Å². The van der Waals surface area contributed by atoms with Crippen molar-refractivity contribution in [1.82, 2.24) is 48.2 Å². The van der Waals surface area contributed by atoms with Crippen molar-refractivity contribution in [3.63, 3.8) is 0 Å². The third-order valence-electron chi connectivity index (χ3n) is 24.2. The Bertz CT molecular complexity index is 8320. The van der Waals surface area contributed by atoms with E-state index >= 15 is 4.39 Å². The van der Waals surface area contributed by atoms with Gasteiger partial charge in [0.1, 0.15) is 5.82 Å². The number of para-hydroxylation sites is 6. The molecule has 6 heterocycles. The van der Waals surface area contributed by atoms with Crippen molar-refractivity contribution in [2.75, 3.05) is 0 Å². The molecule has 12 heteroatoms. The van der Waals surface area contributed by atoms with Gasteiger partial charge in [-0.25, -0.2) is 39.1 Å². The molecule has 0 aliphatic heterocycles. The van der Waals surface area contributed by atoms with Crippen LogP contribution in [0.1, 0.15) is 0 Å². The minimum Gasteiger partial charge on any atom is -0.309 e. The molecule has 127 heavy (non-hydrogen) atoms. The molecule has 18 aromatic carbocycles. The lowest BCUT2D eigenvalue weighted by Gasteiger charge is -2.12. The third kappa shape index (κ3) is 13.5. The van der Waals surface area contributed by atoms with Crippen LogP contribution in [0.5, 0.6) is 0 Å². The van der Waals surface area contributed by atoms with Crippen molar-refractivity contribution >= 4 is 92.9 Å². The molecule has 24 rings (SSSR count). The summed E-state index contributed by atoms with van der Waals surface area (Å²) in [5, 5.41) is 9.28. The largest absolute Gasteiger partial charge is 0.309 e. The van der Waals surface area contributed by atoms with Gasteiger partial charge >= 0.3 is 0 Å². The van der Waals surface area contributed by atoms with Gasteiger partial charge in [0.15, 0.2) is 40.6 Å². The van der Waals surface area contributed by atoms with E-state index in [0.29, 0.717) is 46.2 Å². The summed E-state index contributed by atoms with van der Waals surface area (Å²) in [6, 6.07) is 150. The molecule has 0 radical (unpaired) electrons. The zero-order valence-corrected chi connectivity index (χ0v) is 68.4. The summed E-state index contributed by atoms with van der Waals surface area (Å²) < 4.78 is 25.3. The number of aromatic nitrogens is 10. The van der Waals surface area contributed by atoms with Crippen molar-refractivity contribution < 1.29 is 4.39 Å². The van der Waals surface area contributed by atoms with E-state index in [1.807, 2.05) is 140 Å². The van der Waals surface area contributed by atoms with Crippen LogP contribution in [0.15, 0.2) is 437 Å². The number of hydrogen-bond acceptors (Lipinski definition) is 6. The highest BCUT2D eigenvalue weighted by molar-refractivity contribution is 6.18. The Labute approximate surface area is 730 Å². The molecule has 0 fully saturated rings. The van der Waals surface area contributed by atoms with E-state index in [2.05, 4.69) is 308 Å². The van der Waals surface area contributed by atoms with Crippen LogP contribution < -0.4 is 0 Å². The fraction of sp³-hybridized carbons (Fsp3) is 0. The standard InChI is InChI=1S/C58H36N6.C57H36FN5/c1-59-44-35-42(34-43(36-44)58-61-56(39-16-5-2-6-17-39)60-57(62-58)40-18-7-3-8-19-40)47-24-15-27-53-55(47)50-23-12-14-26-52(50)63(53)46-31-28-38(29-32-46)41-30-33-49-48-22-11-13-25-51(48)64(54(49)37-41)45-20-9-4-10-21-45;58-43-34-41(33-42(35-43)57-60-55(38-15-4-1-5-16-38)59-56(61-57)39-17-6-2-7-18-39)46-23-14-26-53-54(46)48-22-11-13-25-51(48)63(53)45-30-27-37(28-31-45)40-29-32-52-49(36-40)47-21-10-12-24-50(47)62(52)44-19-8-3-9-20-44/h2-37H;1-36H. The summed E-state index contributed by atoms with van der Waals surface area (Å²) in [4.78, 5) is 33.5. The summed E-state index contributed by atoms with van der Waals surface area (Å²) >= 11 is 0. The normalized spacial score (nSPS) is 11.5. The summed E-state index contributed by atoms with van der Waals surface area (Å²) in [6.45, 7) is 8.19. The maximum absolute atomic E-state index is 16.0. The van der Waals surface area contributed by atoms with Crippen LogP contribution in [0, 0.1) is 12.4 Å². The van der Waals surface area contributed by atoms with Gasteiger partial charge < -0.3 is 18.3 Å². The monoisotopic (exact) mass is 1630 g/mol. The molecule has 0 amide bonds. The molecule has 6 aromatic heterocycles. The average Bonchev–Trinajstić information content (AvgIpc) is 1.60. The predicted molar refractivity (Wildman–Crippen MR) is 518 cm³/mol. The van der Waals surface area contributed by atoms with Gasteiger partial charge in [-0.15, -0.1) is 0 Å². The van der Waals surface area contributed by atoms with Gasteiger partial charge in [-0.05, 0) is 184 Å². The highest BCUT2D eigenvalue weighted by Crippen LogP contribution is 2.46. The van der Waals surface area contributed by atoms with Crippen molar-refractivity contribution in [3.8, 4) is 136 Å². The van der Waals surface area contributed by atoms with Crippen molar-refractivity contribution in [2.45, 2.75) is 0 Å². The van der Waals surface area contributed by atoms with Gasteiger partial charge in [0, 0.05) is 99.2 Å². The van der Waals surface area contributed by atoms with Gasteiger partial charge in [0.2, 0.25) is 0 Å². The second kappa shape index (κ2) is 31.6. The first-order chi connectivity index (χ1) is 62.8. The van der Waals surface area contributed by atoms with E-state index in [4.69, 9.17) is 36.5 Å². The van der Waals surface area contributed by atoms with Crippen LogP contribution in [0.2, 0.25) is 0 Å². The first-order valence-corrected chi connectivity index (χ1v) is 42.3. The van der Waals surface area contributed by atoms with Gasteiger partial charge in [0.05, 0.1) is 50.7 Å². The van der Waals surface area contributed by atoms with E-state index < -0.39 is 0 Å². The lowest BCUT2D eigenvalue weighted by Crippen LogP contribution is -2.00. The lowest BCUT2D eigenvalue weighted by atomic mass is 9.97. The molecule has 11 nitrogen and oxygen atoms in total. The molecule has 594 valence electrons. The van der Waals surface area contributed by atoms with Crippen LogP contribution in [-0.4, -0.2) is 48.2 Å². The summed E-state index contributed by atoms with van der Waals surface area (Å²) in [6.07, 6.45) is 0. The number of nitrogens with zero attached hydrogens (tertiary/aromatic N) is 11. The molecule has 24 aromatic rings. The van der Waals surface area contributed by atoms with Crippen LogP contribution >= 0.6 is 0 Å². The molecule has 0 aliphatic carbocycles. The van der Waals surface area contributed by atoms with Gasteiger partial charge in [-0.2, -0.15) is 0 Å². The minimum absolute atomic E-state index is 0.371. The van der Waals surface area contributed by atoms with E-state index in [1.54, 1.807) is 6.07 Å². The zero-order valence-electron chi connectivity index (χ0n) is 68.4. The maximum atomic E-state index is 16.0. The van der Waals surface area contributed by atoms with Gasteiger partial charge in [0.25, 0.3) is 0 Å². The Kier molecular flexibility index (Phi) is 18.5. The van der Waals surface area contributed by atoms with Crippen LogP contribution in [-0.2, 0) is 0 Å². The predicted octanol–water partition coefficient (Wildman–Crippen LogP) is 29.5. The Hall–Kier alpha value is -17.4. The fourth-order valence-electron chi connectivity index (χ4n) is 18.4. The Morgan fingerprint density at radius 3 is 0.921 bits per heavy atom. The fourth-order valence-corrected chi connectivity index (χ4v) is 18.4. The molecule has 0 saturated carbocycles. The molecule has 0 saturated heterocycles. The minimum atomic E-state index is -0.371. The van der Waals surface area contributed by atoms with Gasteiger partial charge in [-0.3, -0.25) is 0 Å². The lowest BCUT2D eigenvalue weighted by molar-refractivity contribution is 0.628. The Morgan fingerprint density at radius 1 is 0.189 bits per heavy atom. The van der Waals surface area contributed by atoms with E-state index in [9.17, 15) is 0 Å². The molecule has 0 aliphatic rings. The summed E-state index contributed by atoms with van der Waals surface area (Å²) in [7, 11) is 0. The highest BCUT2D eigenvalue weighted by atomic mass is 19.1. The number of fused-ring (bicyclic) bond motifs is 12. The number of rotatable bonds is 14. The first-order valence-electron chi connectivity index (χ1n) is 42.3. The summed E-state index contributed by atoms with van der Waals surface area (Å²) in [5.74, 6) is 2.74. The molecule has 0 N–H and O–H groups in total. The van der Waals surface area contributed by atoms with Gasteiger partial charge in [-0.1, -0.05) is 297 Å². The van der Waals surface area contributed by atoms with Crippen LogP contribution in [0.3, 0.4) is 0 Å². The van der Waals surface area contributed by atoms with Crippen LogP contribution in [0.4, 0.5) is 10.1 Å². The second-order valence-corrected chi connectivity index (χ2v) is 31.7. The van der Waals surface area contributed by atoms with E-state index in [0.717, 1.165) is 139 Å². The smallest absolute Gasteiger partial charge is 0.188 e. The SMILES string of the molecule is Fc1cc(-c2nc(-c3ccccc3)nc(-c3ccccc3)n2)cc(-c2cccc3c2c2ccccc2n3-c2ccc(-c3ccc4c(c3)c3ccccc3n4-c3ccccc3)cc2)c1.[C-]#[N+]c1cc(-c2nc(-c3ccccc3)nc(-c3ccccc3)n2)cc(-c2cccc3c2c2ccccc2n3-c2ccc(-c3ccc4c5ccccc5n(-c5ccccc5)c4c3)cc2)c1. The number of hydrogen-bond donors (Lipinski definition) is 0. The molecule has 0 atom stereocenters.